The average Bonchev–Trinajstić information content (AvgIpc) is 3.40. The van der Waals surface area contributed by atoms with Crippen molar-refractivity contribution in [3.63, 3.8) is 0 Å². The highest BCUT2D eigenvalue weighted by atomic mass is 16.5. The average molecular weight is 526 g/mol. The Morgan fingerprint density at radius 2 is 1.77 bits per heavy atom. The van der Waals surface area contributed by atoms with Gasteiger partial charge in [-0.25, -0.2) is 4.98 Å². The molecule has 2 aromatic carbocycles. The van der Waals surface area contributed by atoms with Crippen LogP contribution in [0.1, 0.15) is 36.7 Å². The predicted octanol–water partition coefficient (Wildman–Crippen LogP) is 5.06. The number of ether oxygens (including phenoxy) is 2. The third-order valence-corrected chi connectivity index (χ3v) is 6.91. The van der Waals surface area contributed by atoms with E-state index in [0.29, 0.717) is 54.3 Å². The lowest BCUT2D eigenvalue weighted by molar-refractivity contribution is -0.127. The van der Waals surface area contributed by atoms with Crippen LogP contribution in [0.2, 0.25) is 0 Å². The number of rotatable bonds is 10. The lowest BCUT2D eigenvalue weighted by atomic mass is 10.1. The molecule has 1 fully saturated rings. The molecule has 0 N–H and O–H groups in total. The molecule has 39 heavy (non-hydrogen) atoms. The largest absolute Gasteiger partial charge is 0.497 e. The van der Waals surface area contributed by atoms with Crippen LogP contribution in [0.5, 0.6) is 11.5 Å². The number of likely N-dealkylation sites (tertiary alicyclic amines) is 1. The predicted molar refractivity (Wildman–Crippen MR) is 150 cm³/mol. The fourth-order valence-corrected chi connectivity index (χ4v) is 4.75. The van der Waals surface area contributed by atoms with E-state index in [-0.39, 0.29) is 11.7 Å². The van der Waals surface area contributed by atoms with Gasteiger partial charge in [-0.1, -0.05) is 6.92 Å². The minimum absolute atomic E-state index is 0.0197. The van der Waals surface area contributed by atoms with Crippen molar-refractivity contribution in [1.29, 1.82) is 0 Å². The number of carbonyl (C=O) groups excluding carboxylic acids is 2. The van der Waals surface area contributed by atoms with E-state index < -0.39 is 0 Å². The molecule has 0 unspecified atom stereocenters. The number of benzene rings is 2. The summed E-state index contributed by atoms with van der Waals surface area (Å²) in [5, 5.41) is 0. The van der Waals surface area contributed by atoms with Gasteiger partial charge in [0.15, 0.2) is 5.78 Å². The van der Waals surface area contributed by atoms with Crippen molar-refractivity contribution in [3.8, 4) is 22.8 Å². The number of Topliss-reactive ketones (excluding diaryl/α,β-unsaturated/α-hetero) is 1. The first-order valence-corrected chi connectivity index (χ1v) is 13.0. The van der Waals surface area contributed by atoms with E-state index >= 15 is 0 Å². The molecule has 9 nitrogen and oxygen atoms in total. The second-order valence-electron chi connectivity index (χ2n) is 9.34. The van der Waals surface area contributed by atoms with Crippen molar-refractivity contribution in [2.75, 3.05) is 38.8 Å². The molecule has 0 bridgehead atoms. The summed E-state index contributed by atoms with van der Waals surface area (Å²) in [7, 11) is 3.25. The number of aromatic nitrogens is 3. The van der Waals surface area contributed by atoms with Gasteiger partial charge in [0, 0.05) is 73.8 Å². The number of hydrogen-bond acceptors (Lipinski definition) is 8. The molecule has 1 amide bonds. The molecule has 0 radical (unpaired) electrons. The molecule has 5 rings (SSSR count). The molecule has 200 valence electrons. The molecule has 0 atom stereocenters. The van der Waals surface area contributed by atoms with E-state index in [1.165, 1.54) is 0 Å². The van der Waals surface area contributed by atoms with E-state index in [0.717, 1.165) is 35.4 Å². The van der Waals surface area contributed by atoms with Crippen molar-refractivity contribution < 1.29 is 19.1 Å². The summed E-state index contributed by atoms with van der Waals surface area (Å²) in [5.74, 6) is 1.51. The van der Waals surface area contributed by atoms with Gasteiger partial charge in [0.25, 0.3) is 0 Å². The Balaban J connectivity index is 1.54. The molecule has 3 heterocycles. The SMILES string of the molecule is CCC(=O)c1cc(-c2cnc3ccc(N(CCN4CCCC4=O)c4cc(OC)cc(OC)c4)cc3n2)ccn1. The van der Waals surface area contributed by atoms with Crippen LogP contribution in [0, 0.1) is 0 Å². The molecule has 1 aliphatic rings. The summed E-state index contributed by atoms with van der Waals surface area (Å²) in [6.45, 7) is 3.76. The summed E-state index contributed by atoms with van der Waals surface area (Å²) in [6.07, 6.45) is 5.21. The normalized spacial score (nSPS) is 13.1. The van der Waals surface area contributed by atoms with Gasteiger partial charge in [0.2, 0.25) is 5.91 Å². The molecule has 1 saturated heterocycles. The fraction of sp³-hybridized carbons (Fsp3) is 0.300. The van der Waals surface area contributed by atoms with Crippen LogP contribution in [0.3, 0.4) is 0 Å². The Bertz CT molecular complexity index is 1500. The first kappa shape index (κ1) is 26.1. The molecule has 1 aliphatic heterocycles. The van der Waals surface area contributed by atoms with Crippen LogP contribution in [0.4, 0.5) is 11.4 Å². The van der Waals surface area contributed by atoms with E-state index in [2.05, 4.69) is 14.9 Å². The van der Waals surface area contributed by atoms with Crippen molar-refractivity contribution >= 4 is 34.1 Å². The third-order valence-electron chi connectivity index (χ3n) is 6.91. The lowest BCUT2D eigenvalue weighted by Gasteiger charge is -2.28. The maximum absolute atomic E-state index is 12.3. The summed E-state index contributed by atoms with van der Waals surface area (Å²) in [4.78, 5) is 42.2. The molecule has 0 aliphatic carbocycles. The number of nitrogens with zero attached hydrogens (tertiary/aromatic N) is 5. The maximum Gasteiger partial charge on any atom is 0.222 e. The van der Waals surface area contributed by atoms with Crippen LogP contribution in [-0.4, -0.2) is 65.4 Å². The first-order chi connectivity index (χ1) is 19.0. The number of hydrogen-bond donors (Lipinski definition) is 0. The summed E-state index contributed by atoms with van der Waals surface area (Å²) >= 11 is 0. The smallest absolute Gasteiger partial charge is 0.222 e. The van der Waals surface area contributed by atoms with Crippen LogP contribution < -0.4 is 14.4 Å². The van der Waals surface area contributed by atoms with Crippen molar-refractivity contribution in [3.05, 3.63) is 66.6 Å². The van der Waals surface area contributed by atoms with Gasteiger partial charge in [-0.2, -0.15) is 0 Å². The summed E-state index contributed by atoms with van der Waals surface area (Å²) < 4.78 is 11.1. The van der Waals surface area contributed by atoms with Crippen molar-refractivity contribution in [2.45, 2.75) is 26.2 Å². The van der Waals surface area contributed by atoms with Crippen molar-refractivity contribution in [2.24, 2.45) is 0 Å². The van der Waals surface area contributed by atoms with Gasteiger partial charge in [0.05, 0.1) is 37.1 Å². The van der Waals surface area contributed by atoms with Crippen molar-refractivity contribution in [1.82, 2.24) is 19.9 Å². The number of pyridine rings is 1. The zero-order valence-electron chi connectivity index (χ0n) is 22.4. The number of anilines is 2. The Morgan fingerprint density at radius 3 is 2.46 bits per heavy atom. The molecule has 2 aromatic heterocycles. The molecule has 9 heteroatoms. The Labute approximate surface area is 227 Å². The van der Waals surface area contributed by atoms with E-state index in [1.807, 2.05) is 54.3 Å². The Hall–Kier alpha value is -4.53. The highest BCUT2D eigenvalue weighted by molar-refractivity contribution is 5.95. The first-order valence-electron chi connectivity index (χ1n) is 13.0. The summed E-state index contributed by atoms with van der Waals surface area (Å²) in [6, 6.07) is 15.2. The highest BCUT2D eigenvalue weighted by Gasteiger charge is 2.22. The number of ketones is 1. The molecular formula is C30H31N5O4. The van der Waals surface area contributed by atoms with Crippen LogP contribution in [0.15, 0.2) is 60.9 Å². The van der Waals surface area contributed by atoms with Gasteiger partial charge in [0.1, 0.15) is 17.2 Å². The van der Waals surface area contributed by atoms with Gasteiger partial charge in [-0.05, 0) is 36.8 Å². The lowest BCUT2D eigenvalue weighted by Crippen LogP contribution is -2.33. The van der Waals surface area contributed by atoms with Crippen LogP contribution >= 0.6 is 0 Å². The van der Waals surface area contributed by atoms with E-state index in [1.54, 1.807) is 32.7 Å². The van der Waals surface area contributed by atoms with Crippen LogP contribution in [0.25, 0.3) is 22.3 Å². The Kier molecular flexibility index (Phi) is 7.67. The Morgan fingerprint density at radius 1 is 0.974 bits per heavy atom. The van der Waals surface area contributed by atoms with Gasteiger partial charge in [-0.3, -0.25) is 19.6 Å². The third kappa shape index (κ3) is 5.67. The van der Waals surface area contributed by atoms with Crippen LogP contribution in [-0.2, 0) is 4.79 Å². The molecular weight excluding hydrogens is 494 g/mol. The quantitative estimate of drug-likeness (QED) is 0.265. The maximum atomic E-state index is 12.3. The van der Waals surface area contributed by atoms with E-state index in [9.17, 15) is 9.59 Å². The fourth-order valence-electron chi connectivity index (χ4n) is 4.75. The minimum Gasteiger partial charge on any atom is -0.497 e. The zero-order chi connectivity index (χ0) is 27.4. The molecule has 0 spiro atoms. The van der Waals surface area contributed by atoms with Gasteiger partial charge >= 0.3 is 0 Å². The standard InChI is InChI=1S/C30H31N5O4/c1-4-29(36)27-14-20(9-10-31-27)28-19-32-25-8-7-21(17-26(25)33-28)35(13-12-34-11-5-6-30(34)37)22-15-23(38-2)18-24(16-22)39-3/h7-10,14-19H,4-6,11-13H2,1-3H3. The number of methoxy groups -OCH3 is 2. The topological polar surface area (TPSA) is 97.8 Å². The molecule has 4 aromatic rings. The number of carbonyl (C=O) groups is 2. The monoisotopic (exact) mass is 525 g/mol. The van der Waals surface area contributed by atoms with Gasteiger partial charge in [-0.15, -0.1) is 0 Å². The minimum atomic E-state index is -0.0197. The second kappa shape index (κ2) is 11.5. The second-order valence-corrected chi connectivity index (χ2v) is 9.34. The number of fused-ring (bicyclic) bond motifs is 1. The summed E-state index contributed by atoms with van der Waals surface area (Å²) in [5.41, 5.74) is 5.08. The number of amides is 1. The van der Waals surface area contributed by atoms with Gasteiger partial charge < -0.3 is 19.3 Å². The zero-order valence-corrected chi connectivity index (χ0v) is 22.4. The molecule has 0 saturated carbocycles. The highest BCUT2D eigenvalue weighted by Crippen LogP contribution is 2.34. The van der Waals surface area contributed by atoms with E-state index in [4.69, 9.17) is 14.5 Å².